The van der Waals surface area contributed by atoms with E-state index in [4.69, 9.17) is 0 Å². The molecular weight excluding hydrogens is 394 g/mol. The zero-order valence-corrected chi connectivity index (χ0v) is 17.8. The first-order chi connectivity index (χ1) is 14.6. The molecule has 3 heterocycles. The summed E-state index contributed by atoms with van der Waals surface area (Å²) >= 11 is 1.62. The number of carbonyl (C=O) groups excluding carboxylic acids is 1. The number of hydrogen-bond acceptors (Lipinski definition) is 5. The van der Waals surface area contributed by atoms with Gasteiger partial charge in [-0.15, -0.1) is 11.8 Å². The molecule has 3 aromatic heterocycles. The van der Waals surface area contributed by atoms with Crippen LogP contribution >= 0.6 is 11.8 Å². The Hall–Kier alpha value is -3.32. The molecule has 0 aliphatic heterocycles. The molecule has 0 fully saturated rings. The summed E-state index contributed by atoms with van der Waals surface area (Å²) in [6.45, 7) is 0.435. The maximum absolute atomic E-state index is 12.8. The molecule has 4 rings (SSSR count). The third-order valence-electron chi connectivity index (χ3n) is 4.64. The van der Waals surface area contributed by atoms with Crippen LogP contribution in [0.3, 0.4) is 0 Å². The van der Waals surface area contributed by atoms with Crippen LogP contribution in [0.1, 0.15) is 21.6 Å². The molecule has 1 aromatic carbocycles. The number of pyridine rings is 2. The Bertz CT molecular complexity index is 1120. The predicted octanol–water partition coefficient (Wildman–Crippen LogP) is 4.02. The van der Waals surface area contributed by atoms with Gasteiger partial charge in [-0.3, -0.25) is 4.79 Å². The Labute approximate surface area is 180 Å². The van der Waals surface area contributed by atoms with Crippen molar-refractivity contribution in [3.63, 3.8) is 0 Å². The number of hydrogen-bond donors (Lipinski definition) is 1. The van der Waals surface area contributed by atoms with Gasteiger partial charge < -0.3 is 14.6 Å². The van der Waals surface area contributed by atoms with Gasteiger partial charge in [0, 0.05) is 49.9 Å². The van der Waals surface area contributed by atoms with Crippen molar-refractivity contribution in [3.8, 4) is 0 Å². The molecule has 6 nitrogen and oxygen atoms in total. The monoisotopic (exact) mass is 417 g/mol. The summed E-state index contributed by atoms with van der Waals surface area (Å²) in [5, 5.41) is 3.00. The van der Waals surface area contributed by atoms with E-state index in [2.05, 4.69) is 15.3 Å². The van der Waals surface area contributed by atoms with Gasteiger partial charge in [0.05, 0.1) is 11.3 Å². The molecular formula is C23H23N5OS. The first-order valence-electron chi connectivity index (χ1n) is 9.65. The molecule has 1 amide bonds. The van der Waals surface area contributed by atoms with Crippen LogP contribution in [-0.4, -0.2) is 34.4 Å². The number of fused-ring (bicyclic) bond motifs is 1. The Morgan fingerprint density at radius 2 is 1.93 bits per heavy atom. The Balaban J connectivity index is 1.41. The normalized spacial score (nSPS) is 10.9. The van der Waals surface area contributed by atoms with Crippen LogP contribution in [0.2, 0.25) is 0 Å². The largest absolute Gasteiger partial charge is 0.363 e. The van der Waals surface area contributed by atoms with Crippen molar-refractivity contribution in [2.75, 3.05) is 19.0 Å². The number of aromatic nitrogens is 3. The van der Waals surface area contributed by atoms with Crippen molar-refractivity contribution >= 4 is 29.1 Å². The van der Waals surface area contributed by atoms with Gasteiger partial charge in [-0.05, 0) is 35.9 Å². The molecule has 0 radical (unpaired) electrons. The minimum absolute atomic E-state index is 0.0928. The second-order valence-corrected chi connectivity index (χ2v) is 8.10. The lowest BCUT2D eigenvalue weighted by Crippen LogP contribution is -2.23. The number of benzene rings is 1. The lowest BCUT2D eigenvalue weighted by Gasteiger charge is -2.12. The maximum Gasteiger partial charge on any atom is 0.252 e. The van der Waals surface area contributed by atoms with Crippen molar-refractivity contribution in [2.45, 2.75) is 17.2 Å². The lowest BCUT2D eigenvalue weighted by molar-refractivity contribution is 0.0948. The van der Waals surface area contributed by atoms with Crippen molar-refractivity contribution < 1.29 is 4.79 Å². The number of rotatable bonds is 7. The van der Waals surface area contributed by atoms with Gasteiger partial charge in [-0.25, -0.2) is 9.97 Å². The van der Waals surface area contributed by atoms with Crippen LogP contribution in [0, 0.1) is 0 Å². The molecule has 0 spiro atoms. The highest BCUT2D eigenvalue weighted by atomic mass is 32.2. The van der Waals surface area contributed by atoms with E-state index in [0.29, 0.717) is 17.9 Å². The van der Waals surface area contributed by atoms with Crippen molar-refractivity contribution in [1.82, 2.24) is 19.7 Å². The Morgan fingerprint density at radius 1 is 1.10 bits per heavy atom. The molecule has 0 bridgehead atoms. The van der Waals surface area contributed by atoms with E-state index < -0.39 is 0 Å². The number of anilines is 1. The van der Waals surface area contributed by atoms with E-state index in [9.17, 15) is 4.79 Å². The minimum Gasteiger partial charge on any atom is -0.363 e. The van der Waals surface area contributed by atoms with Crippen LogP contribution in [0.15, 0.2) is 78.1 Å². The van der Waals surface area contributed by atoms with Crippen LogP contribution < -0.4 is 10.2 Å². The third kappa shape index (κ3) is 4.63. The van der Waals surface area contributed by atoms with Gasteiger partial charge >= 0.3 is 0 Å². The van der Waals surface area contributed by atoms with Gasteiger partial charge in [-0.1, -0.05) is 24.3 Å². The van der Waals surface area contributed by atoms with E-state index in [-0.39, 0.29) is 5.91 Å². The molecule has 0 aliphatic rings. The standard InChI is InChI=1S/C23H23N5OS/c1-27(2)21-11-10-17(13-24-21)14-25-23(29)19-7-3-4-8-20(19)30-16-18-15-28-12-6-5-9-22(28)26-18/h3-13,15H,14,16H2,1-2H3,(H,25,29). The van der Waals surface area contributed by atoms with Crippen LogP contribution in [-0.2, 0) is 12.3 Å². The fraction of sp³-hybridized carbons (Fsp3) is 0.174. The van der Waals surface area contributed by atoms with Crippen LogP contribution in [0.5, 0.6) is 0 Å². The SMILES string of the molecule is CN(C)c1ccc(CNC(=O)c2ccccc2SCc2cn3ccccc3n2)cn1. The molecule has 0 saturated heterocycles. The van der Waals surface area contributed by atoms with Gasteiger partial charge in [0.25, 0.3) is 5.91 Å². The number of nitrogens with one attached hydrogen (secondary N) is 1. The molecule has 0 aliphatic carbocycles. The molecule has 7 heteroatoms. The molecule has 1 N–H and O–H groups in total. The van der Waals surface area contributed by atoms with Gasteiger partial charge in [0.1, 0.15) is 11.5 Å². The van der Waals surface area contributed by atoms with E-state index >= 15 is 0 Å². The van der Waals surface area contributed by atoms with Gasteiger partial charge in [0.2, 0.25) is 0 Å². The van der Waals surface area contributed by atoms with Crippen molar-refractivity contribution in [1.29, 1.82) is 0 Å². The Morgan fingerprint density at radius 3 is 2.70 bits per heavy atom. The summed E-state index contributed by atoms with van der Waals surface area (Å²) in [7, 11) is 3.90. The number of imidazole rings is 1. The van der Waals surface area contributed by atoms with E-state index in [1.807, 2.05) is 90.4 Å². The van der Waals surface area contributed by atoms with Crippen LogP contribution in [0.25, 0.3) is 5.65 Å². The first-order valence-corrected chi connectivity index (χ1v) is 10.6. The third-order valence-corrected chi connectivity index (χ3v) is 5.75. The fourth-order valence-electron chi connectivity index (χ4n) is 3.05. The second kappa shape index (κ2) is 9.00. The van der Waals surface area contributed by atoms with E-state index in [0.717, 1.165) is 27.6 Å². The molecule has 0 saturated carbocycles. The summed E-state index contributed by atoms with van der Waals surface area (Å²) < 4.78 is 2.00. The van der Waals surface area contributed by atoms with Gasteiger partial charge in [-0.2, -0.15) is 0 Å². The van der Waals surface area contributed by atoms with E-state index in [1.165, 1.54) is 0 Å². The summed E-state index contributed by atoms with van der Waals surface area (Å²) in [5.41, 5.74) is 3.54. The van der Waals surface area contributed by atoms with Crippen molar-refractivity contribution in [3.05, 3.63) is 90.0 Å². The quantitative estimate of drug-likeness (QED) is 0.460. The zero-order chi connectivity index (χ0) is 20.9. The number of amides is 1. The predicted molar refractivity (Wildman–Crippen MR) is 121 cm³/mol. The second-order valence-electron chi connectivity index (χ2n) is 7.08. The minimum atomic E-state index is -0.0928. The van der Waals surface area contributed by atoms with Crippen molar-refractivity contribution in [2.24, 2.45) is 0 Å². The number of carbonyl (C=O) groups is 1. The Kier molecular flexibility index (Phi) is 5.99. The van der Waals surface area contributed by atoms with Crippen LogP contribution in [0.4, 0.5) is 5.82 Å². The summed E-state index contributed by atoms with van der Waals surface area (Å²) in [6, 6.07) is 17.5. The highest BCUT2D eigenvalue weighted by Crippen LogP contribution is 2.26. The van der Waals surface area contributed by atoms with E-state index in [1.54, 1.807) is 18.0 Å². The lowest BCUT2D eigenvalue weighted by atomic mass is 10.2. The molecule has 0 atom stereocenters. The average molecular weight is 418 g/mol. The highest BCUT2D eigenvalue weighted by Gasteiger charge is 2.12. The topological polar surface area (TPSA) is 62.5 Å². The smallest absolute Gasteiger partial charge is 0.252 e. The summed E-state index contributed by atoms with van der Waals surface area (Å²) in [4.78, 5) is 24.7. The summed E-state index contributed by atoms with van der Waals surface area (Å²) in [6.07, 6.45) is 5.80. The zero-order valence-electron chi connectivity index (χ0n) is 16.9. The molecule has 30 heavy (non-hydrogen) atoms. The number of thioether (sulfide) groups is 1. The molecule has 152 valence electrons. The summed E-state index contributed by atoms with van der Waals surface area (Å²) in [5.74, 6) is 1.49. The average Bonchev–Trinajstić information content (AvgIpc) is 3.19. The van der Waals surface area contributed by atoms with Gasteiger partial charge in [0.15, 0.2) is 0 Å². The molecule has 0 unspecified atom stereocenters. The maximum atomic E-state index is 12.8. The highest BCUT2D eigenvalue weighted by molar-refractivity contribution is 7.98. The number of nitrogens with zero attached hydrogens (tertiary/aromatic N) is 4. The first kappa shape index (κ1) is 20.0. The molecule has 4 aromatic rings. The fourth-order valence-corrected chi connectivity index (χ4v) is 3.99.